The highest BCUT2D eigenvalue weighted by atomic mass is 16.4. The lowest BCUT2D eigenvalue weighted by molar-refractivity contribution is -0.138. The van der Waals surface area contributed by atoms with Gasteiger partial charge in [0, 0.05) is 18.7 Å². The van der Waals surface area contributed by atoms with E-state index < -0.39 is 5.97 Å². The van der Waals surface area contributed by atoms with Crippen molar-refractivity contribution in [1.82, 2.24) is 4.90 Å². The van der Waals surface area contributed by atoms with Crippen LogP contribution in [0.3, 0.4) is 0 Å². The van der Waals surface area contributed by atoms with Gasteiger partial charge in [0.25, 0.3) is 0 Å². The molecule has 1 aromatic carbocycles. The Hall–Kier alpha value is -1.68. The molecule has 1 aromatic rings. The van der Waals surface area contributed by atoms with E-state index in [1.54, 1.807) is 6.07 Å². The number of Topliss-reactive ketones (excluding diaryl/α,β-unsaturated/α-hetero) is 1. The largest absolute Gasteiger partial charge is 0.480 e. The van der Waals surface area contributed by atoms with Gasteiger partial charge in [-0.1, -0.05) is 12.1 Å². The number of carboxylic acids is 1. The highest BCUT2D eigenvalue weighted by Crippen LogP contribution is 2.23. The van der Waals surface area contributed by atoms with Crippen molar-refractivity contribution in [1.29, 1.82) is 0 Å². The van der Waals surface area contributed by atoms with E-state index >= 15 is 0 Å². The molecule has 0 atom stereocenters. The van der Waals surface area contributed by atoms with Crippen LogP contribution in [-0.4, -0.2) is 28.3 Å². The van der Waals surface area contributed by atoms with Crippen LogP contribution in [0, 0.1) is 0 Å². The van der Waals surface area contributed by atoms with Crippen molar-refractivity contribution in [3.8, 4) is 0 Å². The van der Waals surface area contributed by atoms with Gasteiger partial charge in [-0.15, -0.1) is 0 Å². The van der Waals surface area contributed by atoms with Crippen molar-refractivity contribution < 1.29 is 14.7 Å². The molecular weight excluding hydrogens is 206 g/mol. The second-order valence-corrected chi connectivity index (χ2v) is 4.08. The van der Waals surface area contributed by atoms with E-state index in [2.05, 4.69) is 0 Å². The molecule has 0 saturated carbocycles. The molecule has 16 heavy (non-hydrogen) atoms. The molecule has 0 aliphatic carbocycles. The normalized spacial score (nSPS) is 14.8. The fourth-order valence-electron chi connectivity index (χ4n) is 1.99. The monoisotopic (exact) mass is 219 g/mol. The molecule has 0 unspecified atom stereocenters. The molecule has 0 aromatic heterocycles. The van der Waals surface area contributed by atoms with E-state index in [9.17, 15) is 9.59 Å². The van der Waals surface area contributed by atoms with Crippen LogP contribution >= 0.6 is 0 Å². The standard InChI is InChI=1S/C12H13NO3/c1-8(14)9-2-3-10-5-13(7-12(15)16)6-11(10)4-9/h2-4H,5-7H2,1H3,(H,15,16). The summed E-state index contributed by atoms with van der Waals surface area (Å²) in [6.45, 7) is 2.85. The van der Waals surface area contributed by atoms with Crippen LogP contribution in [0.2, 0.25) is 0 Å². The summed E-state index contributed by atoms with van der Waals surface area (Å²) in [6.07, 6.45) is 0. The number of carboxylic acid groups (broad SMARTS) is 1. The van der Waals surface area contributed by atoms with Crippen LogP contribution in [-0.2, 0) is 17.9 Å². The highest BCUT2D eigenvalue weighted by molar-refractivity contribution is 5.94. The van der Waals surface area contributed by atoms with Crippen molar-refractivity contribution in [2.75, 3.05) is 6.54 Å². The summed E-state index contributed by atoms with van der Waals surface area (Å²) in [5.41, 5.74) is 2.87. The number of ketones is 1. The average molecular weight is 219 g/mol. The third kappa shape index (κ3) is 2.12. The van der Waals surface area contributed by atoms with Crippen LogP contribution in [0.5, 0.6) is 0 Å². The summed E-state index contributed by atoms with van der Waals surface area (Å²) in [5, 5.41) is 8.70. The highest BCUT2D eigenvalue weighted by Gasteiger charge is 2.21. The van der Waals surface area contributed by atoms with E-state index in [1.807, 2.05) is 17.0 Å². The Balaban J connectivity index is 2.18. The minimum absolute atomic E-state index is 0.0412. The van der Waals surface area contributed by atoms with Gasteiger partial charge >= 0.3 is 5.97 Å². The Kier molecular flexibility index (Phi) is 2.75. The van der Waals surface area contributed by atoms with Crippen LogP contribution < -0.4 is 0 Å². The number of hydrogen-bond donors (Lipinski definition) is 1. The average Bonchev–Trinajstić information content (AvgIpc) is 2.56. The van der Waals surface area contributed by atoms with Crippen LogP contribution in [0.15, 0.2) is 18.2 Å². The third-order valence-electron chi connectivity index (χ3n) is 2.76. The molecule has 2 rings (SSSR count). The molecule has 0 bridgehead atoms. The first kappa shape index (κ1) is 10.8. The van der Waals surface area contributed by atoms with Crippen LogP contribution in [0.1, 0.15) is 28.4 Å². The maximum absolute atomic E-state index is 11.2. The number of aliphatic carboxylic acids is 1. The SMILES string of the molecule is CC(=O)c1ccc2c(c1)CN(CC(=O)O)C2. The lowest BCUT2D eigenvalue weighted by Crippen LogP contribution is -2.24. The first-order valence-electron chi connectivity index (χ1n) is 5.13. The van der Waals surface area contributed by atoms with E-state index in [1.165, 1.54) is 6.92 Å². The number of hydrogen-bond acceptors (Lipinski definition) is 3. The minimum atomic E-state index is -0.820. The number of rotatable bonds is 3. The Morgan fingerprint density at radius 2 is 2.00 bits per heavy atom. The van der Waals surface area contributed by atoms with Gasteiger partial charge in [-0.25, -0.2) is 0 Å². The summed E-state index contributed by atoms with van der Waals surface area (Å²) in [5.74, 6) is -0.779. The smallest absolute Gasteiger partial charge is 0.317 e. The molecular formula is C12H13NO3. The molecule has 0 spiro atoms. The molecule has 4 heteroatoms. The molecule has 0 fully saturated rings. The van der Waals surface area contributed by atoms with Crippen molar-refractivity contribution in [3.05, 3.63) is 34.9 Å². The zero-order valence-corrected chi connectivity index (χ0v) is 9.06. The Bertz CT molecular complexity index is 454. The topological polar surface area (TPSA) is 57.6 Å². The maximum Gasteiger partial charge on any atom is 0.317 e. The van der Waals surface area contributed by atoms with Crippen molar-refractivity contribution >= 4 is 11.8 Å². The predicted octanol–water partition coefficient (Wildman–Crippen LogP) is 1.29. The number of fused-ring (bicyclic) bond motifs is 1. The second kappa shape index (κ2) is 4.06. The number of benzene rings is 1. The molecule has 0 amide bonds. The number of carbonyl (C=O) groups is 2. The Labute approximate surface area is 93.5 Å². The van der Waals surface area contributed by atoms with Crippen molar-refractivity contribution in [2.45, 2.75) is 20.0 Å². The lowest BCUT2D eigenvalue weighted by Gasteiger charge is -2.10. The zero-order valence-electron chi connectivity index (χ0n) is 9.06. The van der Waals surface area contributed by atoms with E-state index in [4.69, 9.17) is 5.11 Å². The molecule has 84 valence electrons. The zero-order chi connectivity index (χ0) is 11.7. The summed E-state index contributed by atoms with van der Waals surface area (Å²) < 4.78 is 0. The number of nitrogens with zero attached hydrogens (tertiary/aromatic N) is 1. The van der Waals surface area contributed by atoms with Gasteiger partial charge in [-0.2, -0.15) is 0 Å². The molecule has 1 heterocycles. The van der Waals surface area contributed by atoms with Gasteiger partial charge < -0.3 is 5.11 Å². The maximum atomic E-state index is 11.2. The molecule has 1 N–H and O–H groups in total. The fourth-order valence-corrected chi connectivity index (χ4v) is 1.99. The molecule has 1 aliphatic rings. The van der Waals surface area contributed by atoms with E-state index in [-0.39, 0.29) is 12.3 Å². The van der Waals surface area contributed by atoms with Gasteiger partial charge in [0.05, 0.1) is 6.54 Å². The fraction of sp³-hybridized carbons (Fsp3) is 0.333. The predicted molar refractivity (Wildman–Crippen MR) is 58.2 cm³/mol. The molecule has 0 radical (unpaired) electrons. The first-order chi connectivity index (χ1) is 7.56. The quantitative estimate of drug-likeness (QED) is 0.778. The summed E-state index contributed by atoms with van der Waals surface area (Å²) >= 11 is 0. The van der Waals surface area contributed by atoms with Gasteiger partial charge in [0.15, 0.2) is 5.78 Å². The lowest BCUT2D eigenvalue weighted by atomic mass is 10.0. The summed E-state index contributed by atoms with van der Waals surface area (Å²) in [4.78, 5) is 23.6. The van der Waals surface area contributed by atoms with E-state index in [0.717, 1.165) is 11.1 Å². The van der Waals surface area contributed by atoms with Crippen LogP contribution in [0.25, 0.3) is 0 Å². The Morgan fingerprint density at radius 1 is 1.31 bits per heavy atom. The second-order valence-electron chi connectivity index (χ2n) is 4.08. The molecule has 1 aliphatic heterocycles. The Morgan fingerprint density at radius 3 is 2.62 bits per heavy atom. The third-order valence-corrected chi connectivity index (χ3v) is 2.76. The first-order valence-corrected chi connectivity index (χ1v) is 5.13. The summed E-state index contributed by atoms with van der Waals surface area (Å²) in [7, 11) is 0. The minimum Gasteiger partial charge on any atom is -0.480 e. The van der Waals surface area contributed by atoms with E-state index in [0.29, 0.717) is 18.7 Å². The van der Waals surface area contributed by atoms with Crippen molar-refractivity contribution in [2.24, 2.45) is 0 Å². The van der Waals surface area contributed by atoms with Gasteiger partial charge in [-0.05, 0) is 24.1 Å². The molecule has 0 saturated heterocycles. The van der Waals surface area contributed by atoms with Crippen molar-refractivity contribution in [3.63, 3.8) is 0 Å². The summed E-state index contributed by atoms with van der Waals surface area (Å²) in [6, 6.07) is 5.57. The van der Waals surface area contributed by atoms with Crippen LogP contribution in [0.4, 0.5) is 0 Å². The van der Waals surface area contributed by atoms with Gasteiger partial charge in [-0.3, -0.25) is 14.5 Å². The number of carbonyl (C=O) groups excluding carboxylic acids is 1. The molecule has 4 nitrogen and oxygen atoms in total. The van der Waals surface area contributed by atoms with Gasteiger partial charge in [0.1, 0.15) is 0 Å². The van der Waals surface area contributed by atoms with Gasteiger partial charge in [0.2, 0.25) is 0 Å².